The minimum Gasteiger partial charge on any atom is -0.0622 e. The number of rotatable bonds is 5. The van der Waals surface area contributed by atoms with Gasteiger partial charge < -0.3 is 0 Å². The van der Waals surface area contributed by atoms with Crippen LogP contribution < -0.4 is 0 Å². The molecule has 80 heavy (non-hydrogen) atoms. The van der Waals surface area contributed by atoms with Gasteiger partial charge in [0.2, 0.25) is 0 Å². The first kappa shape index (κ1) is 31.7. The van der Waals surface area contributed by atoms with Crippen molar-refractivity contribution in [2.45, 2.75) is 35.0 Å². The van der Waals surface area contributed by atoms with E-state index in [1.165, 1.54) is 11.1 Å². The second-order valence-corrected chi connectivity index (χ2v) is 28.8. The Morgan fingerprint density at radius 3 is 0.963 bits per heavy atom. The van der Waals surface area contributed by atoms with Crippen molar-refractivity contribution in [3.63, 3.8) is 0 Å². The zero-order valence-corrected chi connectivity index (χ0v) is 41.7. The van der Waals surface area contributed by atoms with Crippen molar-refractivity contribution in [1.29, 1.82) is 0 Å². The van der Waals surface area contributed by atoms with Crippen molar-refractivity contribution in [3.05, 3.63) is 158 Å². The Labute approximate surface area is 443 Å². The van der Waals surface area contributed by atoms with E-state index in [4.69, 9.17) is 0 Å². The van der Waals surface area contributed by atoms with Crippen molar-refractivity contribution in [1.82, 2.24) is 0 Å². The van der Waals surface area contributed by atoms with Gasteiger partial charge in [-0.25, -0.2) is 0 Å². The Hall–Kier alpha value is -9.62. The number of hydrogen-bond donors (Lipinski definition) is 0. The predicted octanol–water partition coefficient (Wildman–Crippen LogP) is 20.1. The smallest absolute Gasteiger partial charge is 0.0580 e. The fourth-order valence-electron chi connectivity index (χ4n) is 27.8. The number of hydrogen-bond acceptors (Lipinski definition) is 0. The molecule has 27 aromatic rings. The fraction of sp³-hybridized carbons (Fsp3) is 0.0750. The van der Waals surface area contributed by atoms with Gasteiger partial charge in [-0.1, -0.05) is 91.0 Å². The summed E-state index contributed by atoms with van der Waals surface area (Å²) in [5.74, 6) is 0.157. The molecular formula is C80H20. The summed E-state index contributed by atoms with van der Waals surface area (Å²) in [6, 6.07) is 36.7. The monoisotopic (exact) mass is 980 g/mol. The third-order valence-electron chi connectivity index (χ3n) is 28.1. The molecule has 8 aliphatic rings. The van der Waals surface area contributed by atoms with E-state index in [1.807, 2.05) is 5.57 Å². The maximum absolute atomic E-state index is 2.65. The second kappa shape index (κ2) is 7.69. The Morgan fingerprint density at radius 2 is 0.525 bits per heavy atom. The van der Waals surface area contributed by atoms with Gasteiger partial charge in [0.25, 0.3) is 0 Å². The Bertz CT molecular complexity index is 7930. The Balaban J connectivity index is 1.09. The Kier molecular flexibility index (Phi) is 3.05. The van der Waals surface area contributed by atoms with Gasteiger partial charge in [-0.3, -0.25) is 0 Å². The quantitative estimate of drug-likeness (QED) is 0.151. The summed E-state index contributed by atoms with van der Waals surface area (Å²) in [6.45, 7) is 0. The topological polar surface area (TPSA) is 0 Å². The molecule has 0 aromatic heterocycles. The lowest BCUT2D eigenvalue weighted by atomic mass is 9.44. The van der Waals surface area contributed by atoms with Gasteiger partial charge in [0.15, 0.2) is 0 Å². The molecule has 0 heterocycles. The maximum atomic E-state index is 2.65. The molecule has 8 aliphatic carbocycles. The van der Waals surface area contributed by atoms with Crippen molar-refractivity contribution in [2.75, 3.05) is 0 Å². The molecule has 0 bridgehead atoms. The molecular weight excluding hydrogens is 961 g/mol. The summed E-state index contributed by atoms with van der Waals surface area (Å²) < 4.78 is 0. The number of benzene rings is 19. The van der Waals surface area contributed by atoms with Gasteiger partial charge in [0.05, 0.1) is 10.8 Å². The Morgan fingerprint density at radius 1 is 0.237 bits per heavy atom. The average molecular weight is 981 g/mol. The van der Waals surface area contributed by atoms with Crippen molar-refractivity contribution in [2.24, 2.45) is 0 Å². The van der Waals surface area contributed by atoms with Gasteiger partial charge in [0, 0.05) is 11.3 Å². The zero-order valence-electron chi connectivity index (χ0n) is 41.7. The third-order valence-corrected chi connectivity index (χ3v) is 28.1. The van der Waals surface area contributed by atoms with E-state index in [2.05, 4.69) is 91.0 Å². The normalized spacial score (nSPS) is 24.1. The van der Waals surface area contributed by atoms with E-state index in [0.29, 0.717) is 0 Å². The van der Waals surface area contributed by atoms with Crippen molar-refractivity contribution < 1.29 is 0 Å². The van der Waals surface area contributed by atoms with E-state index >= 15 is 0 Å². The number of allylic oxidation sites excluding steroid dienone is 2. The molecule has 0 fully saturated rings. The molecule has 4 atom stereocenters. The van der Waals surface area contributed by atoms with Crippen LogP contribution in [0.4, 0.5) is 0 Å². The minimum atomic E-state index is -0.406. The van der Waals surface area contributed by atoms with Crippen LogP contribution in [-0.2, 0) is 29.1 Å². The predicted molar refractivity (Wildman–Crippen MR) is 333 cm³/mol. The average Bonchev–Trinajstić information content (AvgIpc) is 1.42. The standard InChI is InChI=1S/C80H20/c1-4-10-18(11-5-1)16-78-69-59-49-43-29-27-22-21-23-25-26-24(21)32-34-28(22)30(29)44-46-45(43)57(59)66-68-58(46)60-50(44)48(34)52-38(32)42-36(26)41-40-35(25)39-37-31(23)33(27)47(49)51(37)61(69)63-53(39)54(40)64-65-55(41)56(42)67-62(52)70(60)80(20-14-8-3-9-15-20)75(67)73(65)79(72(64)71(63)78,77(74(66)78)76(68)80)17-19-12-6-2-7-13-19/h1-15,76H,16-17H2/t76-,78-,79-,80+/m0/s1. The van der Waals surface area contributed by atoms with Gasteiger partial charge in [0.1, 0.15) is 0 Å². The summed E-state index contributed by atoms with van der Waals surface area (Å²) in [4.78, 5) is 0. The van der Waals surface area contributed by atoms with Crippen LogP contribution in [0.2, 0.25) is 0 Å². The molecule has 0 saturated carbocycles. The van der Waals surface area contributed by atoms with Crippen LogP contribution in [0.5, 0.6) is 0 Å². The van der Waals surface area contributed by atoms with Crippen LogP contribution in [0, 0.1) is 0 Å². The summed E-state index contributed by atoms with van der Waals surface area (Å²) >= 11 is 0. The fourth-order valence-corrected chi connectivity index (χ4v) is 27.8. The van der Waals surface area contributed by atoms with Crippen LogP contribution in [0.15, 0.2) is 96.6 Å². The molecule has 0 unspecified atom stereocenters. The van der Waals surface area contributed by atoms with Crippen LogP contribution >= 0.6 is 0 Å². The molecule has 27 aromatic carbocycles. The van der Waals surface area contributed by atoms with E-state index in [9.17, 15) is 0 Å². The highest BCUT2D eigenvalue weighted by Gasteiger charge is 2.75. The molecule has 0 N–H and O–H groups in total. The summed E-state index contributed by atoms with van der Waals surface area (Å²) in [5.41, 5.74) is 21.0. The van der Waals surface area contributed by atoms with Gasteiger partial charge in [-0.2, -0.15) is 0 Å². The lowest BCUT2D eigenvalue weighted by Crippen LogP contribution is -2.52. The summed E-state index contributed by atoms with van der Waals surface area (Å²) in [7, 11) is 0. The first-order valence-electron chi connectivity index (χ1n) is 30.0. The highest BCUT2D eigenvalue weighted by Crippen LogP contribution is 2.89. The molecule has 0 saturated heterocycles. The van der Waals surface area contributed by atoms with Crippen LogP contribution in [0.1, 0.15) is 67.1 Å². The molecule has 35 rings (SSSR count). The first-order valence-corrected chi connectivity index (χ1v) is 30.0. The highest BCUT2D eigenvalue weighted by molar-refractivity contribution is 6.79. The molecule has 340 valence electrons. The van der Waals surface area contributed by atoms with E-state index in [-0.39, 0.29) is 16.7 Å². The molecule has 0 aliphatic heterocycles. The largest absolute Gasteiger partial charge is 0.0622 e. The lowest BCUT2D eigenvalue weighted by Gasteiger charge is -2.57. The molecule has 0 spiro atoms. The molecule has 0 nitrogen and oxygen atoms in total. The SMILES string of the molecule is c1ccc(C[C@@]23C4=C5c6c7c8c9c%10c%11c%12c(c2c2c%13c3c3c%14c%15c(c%16c6c6c8c8c9c9c%11c%11c%17c%12c2c2c%12c%13c%14c%13c%14c%15c%15c%16c6c6c8c8c9c%11c9c(c2%17)c(c%12%13)c2c%14c%15c6c8c29)[C@]53Cc2ccccc2)[C@]%10(c2ccccc2)[C@H]47)cc1. The zero-order chi connectivity index (χ0) is 48.2. The van der Waals surface area contributed by atoms with Crippen LogP contribution in [0.3, 0.4) is 0 Å². The molecule has 0 amide bonds. The van der Waals surface area contributed by atoms with Crippen molar-refractivity contribution in [3.8, 4) is 0 Å². The van der Waals surface area contributed by atoms with Gasteiger partial charge >= 0.3 is 0 Å². The lowest BCUT2D eigenvalue weighted by molar-refractivity contribution is 0.425. The van der Waals surface area contributed by atoms with Crippen LogP contribution in [-0.4, -0.2) is 0 Å². The van der Waals surface area contributed by atoms with Gasteiger partial charge in [-0.05, 0) is 333 Å². The third kappa shape index (κ3) is 1.86. The summed E-state index contributed by atoms with van der Waals surface area (Å²) in [5, 5.41) is 76.6. The van der Waals surface area contributed by atoms with Gasteiger partial charge in [-0.15, -0.1) is 0 Å². The van der Waals surface area contributed by atoms with E-state index in [0.717, 1.165) is 12.8 Å². The maximum Gasteiger partial charge on any atom is 0.0580 e. The first-order chi connectivity index (χ1) is 39.9. The van der Waals surface area contributed by atoms with Crippen molar-refractivity contribution >= 4 is 253 Å². The highest BCUT2D eigenvalue weighted by atomic mass is 14.8. The van der Waals surface area contributed by atoms with Crippen LogP contribution in [0.25, 0.3) is 253 Å². The van der Waals surface area contributed by atoms with E-state index in [1.54, 1.807) is 303 Å². The molecule has 0 heteroatoms. The summed E-state index contributed by atoms with van der Waals surface area (Å²) in [6.07, 6.45) is 1.99. The van der Waals surface area contributed by atoms with E-state index < -0.39 is 5.41 Å². The minimum absolute atomic E-state index is 0.157. The second-order valence-electron chi connectivity index (χ2n) is 28.8. The molecule has 0 radical (unpaired) electrons.